The first kappa shape index (κ1) is 27.9. The second kappa shape index (κ2) is 10.7. The molecule has 15 heteroatoms. The predicted octanol–water partition coefficient (Wildman–Crippen LogP) is 4.63. The van der Waals surface area contributed by atoms with Crippen LogP contribution in [0.15, 0.2) is 23.1 Å². The highest BCUT2D eigenvalue weighted by Gasteiger charge is 2.40. The van der Waals surface area contributed by atoms with E-state index in [1.54, 1.807) is 29.8 Å². The summed E-state index contributed by atoms with van der Waals surface area (Å²) in [5.74, 6) is -4.11. The Balaban J connectivity index is 1.39. The summed E-state index contributed by atoms with van der Waals surface area (Å²) in [7, 11) is 0. The number of nitrogens with zero attached hydrogens (tertiary/aromatic N) is 5. The number of amides is 2. The van der Waals surface area contributed by atoms with Gasteiger partial charge < -0.3 is 10.6 Å². The fraction of sp³-hybridized carbons (Fsp3) is 0.600. The summed E-state index contributed by atoms with van der Waals surface area (Å²) in [6.07, 6.45) is -1.73. The SMILES string of the molecule is Cc1nonc1C(=O)N[C@H](c1cn2ccc([C@H](NC(=O)CCC(F)(F)F)C3CC3)nc2n1)C1CCC(F)(F)CC1. The fourth-order valence-electron chi connectivity index (χ4n) is 5.07. The lowest BCUT2D eigenvalue weighted by atomic mass is 9.81. The maximum Gasteiger partial charge on any atom is 0.389 e. The van der Waals surface area contributed by atoms with Gasteiger partial charge in [-0.05, 0) is 55.7 Å². The monoisotopic (exact) mass is 569 g/mol. The average Bonchev–Trinajstić information content (AvgIpc) is 3.49. The first-order valence-corrected chi connectivity index (χ1v) is 13.1. The van der Waals surface area contributed by atoms with E-state index in [-0.39, 0.29) is 54.7 Å². The van der Waals surface area contributed by atoms with Crippen molar-refractivity contribution < 1.29 is 36.2 Å². The minimum atomic E-state index is -4.43. The lowest BCUT2D eigenvalue weighted by Gasteiger charge is -2.33. The number of hydrogen-bond acceptors (Lipinski definition) is 7. The number of carbonyl (C=O) groups excluding carboxylic acids is 2. The van der Waals surface area contributed by atoms with Crippen molar-refractivity contribution in [3.05, 3.63) is 41.2 Å². The lowest BCUT2D eigenvalue weighted by molar-refractivity contribution is -0.144. The van der Waals surface area contributed by atoms with Gasteiger partial charge >= 0.3 is 6.18 Å². The Morgan fingerprint density at radius 1 is 1.05 bits per heavy atom. The quantitative estimate of drug-likeness (QED) is 0.360. The fourth-order valence-corrected chi connectivity index (χ4v) is 5.07. The Hall–Kier alpha value is -3.65. The van der Waals surface area contributed by atoms with Crippen LogP contribution in [0.4, 0.5) is 22.0 Å². The van der Waals surface area contributed by atoms with E-state index in [1.165, 1.54) is 0 Å². The van der Waals surface area contributed by atoms with E-state index >= 15 is 0 Å². The maximum absolute atomic E-state index is 13.9. The molecule has 0 bridgehead atoms. The van der Waals surface area contributed by atoms with Gasteiger partial charge in [-0.25, -0.2) is 23.4 Å². The molecule has 10 nitrogen and oxygen atoms in total. The van der Waals surface area contributed by atoms with E-state index in [0.29, 0.717) is 11.4 Å². The van der Waals surface area contributed by atoms with Gasteiger partial charge in [-0.2, -0.15) is 13.2 Å². The molecule has 0 aromatic carbocycles. The molecule has 3 aromatic rings. The molecule has 2 aliphatic carbocycles. The second-order valence-electron chi connectivity index (χ2n) is 10.6. The normalized spacial score (nSPS) is 19.4. The molecule has 0 unspecified atom stereocenters. The molecule has 2 aliphatic rings. The first-order valence-electron chi connectivity index (χ1n) is 13.1. The lowest BCUT2D eigenvalue weighted by Crippen LogP contribution is -2.37. The van der Waals surface area contributed by atoms with E-state index in [0.717, 1.165) is 12.8 Å². The Kier molecular flexibility index (Phi) is 7.48. The summed E-state index contributed by atoms with van der Waals surface area (Å²) in [6.45, 7) is 1.55. The Morgan fingerprint density at radius 2 is 1.70 bits per heavy atom. The molecule has 5 rings (SSSR count). The zero-order valence-corrected chi connectivity index (χ0v) is 21.5. The summed E-state index contributed by atoms with van der Waals surface area (Å²) in [4.78, 5) is 34.3. The number of fused-ring (bicyclic) bond motifs is 1. The van der Waals surface area contributed by atoms with Gasteiger partial charge in [-0.3, -0.25) is 14.0 Å². The average molecular weight is 570 g/mol. The zero-order chi connectivity index (χ0) is 28.7. The largest absolute Gasteiger partial charge is 0.389 e. The molecule has 2 fully saturated rings. The van der Waals surface area contributed by atoms with Crippen LogP contribution in [0.3, 0.4) is 0 Å². The van der Waals surface area contributed by atoms with Gasteiger partial charge in [0.2, 0.25) is 17.6 Å². The van der Waals surface area contributed by atoms with Gasteiger partial charge in [0.25, 0.3) is 5.91 Å². The third-order valence-electron chi connectivity index (χ3n) is 7.44. The highest BCUT2D eigenvalue weighted by atomic mass is 19.4. The van der Waals surface area contributed by atoms with Crippen LogP contribution in [0.1, 0.15) is 91.0 Å². The van der Waals surface area contributed by atoms with Crippen LogP contribution in [-0.2, 0) is 4.79 Å². The number of halogens is 5. The molecule has 2 amide bonds. The summed E-state index contributed by atoms with van der Waals surface area (Å²) < 4.78 is 71.7. The van der Waals surface area contributed by atoms with Crippen LogP contribution in [0.25, 0.3) is 5.78 Å². The standard InChI is InChI=1S/C25H28F5N7O3/c1-13-19(36-40-35-13)22(39)34-21(15-4-8-24(26,27)9-5-15)17-12-37-11-7-16(31-23(37)32-17)20(14-2-3-14)33-18(38)6-10-25(28,29)30/h7,11-12,14-15,20-21H,2-6,8-10H2,1H3,(H,33,38)(H,34,39)/t20-,21+/m1/s1. The van der Waals surface area contributed by atoms with Crippen molar-refractivity contribution in [1.29, 1.82) is 0 Å². The van der Waals surface area contributed by atoms with Crippen LogP contribution >= 0.6 is 0 Å². The van der Waals surface area contributed by atoms with Gasteiger partial charge in [0.15, 0.2) is 5.69 Å². The van der Waals surface area contributed by atoms with E-state index in [1.807, 2.05) is 0 Å². The predicted molar refractivity (Wildman–Crippen MR) is 128 cm³/mol. The number of nitrogens with one attached hydrogen (secondary N) is 2. The minimum absolute atomic E-state index is 0.0242. The Labute approximate surface area is 225 Å². The van der Waals surface area contributed by atoms with Gasteiger partial charge in [-0.15, -0.1) is 0 Å². The van der Waals surface area contributed by atoms with Crippen LogP contribution in [0.2, 0.25) is 0 Å². The summed E-state index contributed by atoms with van der Waals surface area (Å²) in [5.41, 5.74) is 1.11. The summed E-state index contributed by atoms with van der Waals surface area (Å²) >= 11 is 0. The van der Waals surface area contributed by atoms with Gasteiger partial charge in [0, 0.05) is 31.7 Å². The van der Waals surface area contributed by atoms with E-state index in [2.05, 4.69) is 35.5 Å². The highest BCUT2D eigenvalue weighted by Crippen LogP contribution is 2.42. The number of alkyl halides is 5. The summed E-state index contributed by atoms with van der Waals surface area (Å²) in [5, 5.41) is 12.8. The number of rotatable bonds is 9. The van der Waals surface area contributed by atoms with Crippen molar-refractivity contribution in [3.8, 4) is 0 Å². The number of imidazole rings is 1. The Bertz CT molecular complexity index is 1370. The molecule has 0 saturated heterocycles. The molecule has 2 atom stereocenters. The maximum atomic E-state index is 13.9. The topological polar surface area (TPSA) is 127 Å². The van der Waals surface area contributed by atoms with Crippen LogP contribution in [-0.4, -0.2) is 48.6 Å². The van der Waals surface area contributed by atoms with E-state index in [4.69, 9.17) is 0 Å². The van der Waals surface area contributed by atoms with Crippen LogP contribution in [0, 0.1) is 18.8 Å². The van der Waals surface area contributed by atoms with E-state index < -0.39 is 48.8 Å². The molecule has 0 radical (unpaired) electrons. The minimum Gasteiger partial charge on any atom is -0.347 e. The highest BCUT2D eigenvalue weighted by molar-refractivity contribution is 5.93. The number of hydrogen-bond donors (Lipinski definition) is 2. The van der Waals surface area contributed by atoms with Crippen molar-refractivity contribution in [2.24, 2.45) is 11.8 Å². The van der Waals surface area contributed by atoms with Gasteiger partial charge in [0.1, 0.15) is 5.69 Å². The van der Waals surface area contributed by atoms with Crippen molar-refractivity contribution in [2.75, 3.05) is 0 Å². The molecule has 216 valence electrons. The second-order valence-corrected chi connectivity index (χ2v) is 10.6. The van der Waals surface area contributed by atoms with E-state index in [9.17, 15) is 31.5 Å². The zero-order valence-electron chi connectivity index (χ0n) is 21.5. The van der Waals surface area contributed by atoms with Gasteiger partial charge in [-0.1, -0.05) is 5.16 Å². The van der Waals surface area contributed by atoms with Crippen LogP contribution < -0.4 is 10.6 Å². The molecular weight excluding hydrogens is 541 g/mol. The molecule has 3 aromatic heterocycles. The number of carbonyl (C=O) groups is 2. The van der Waals surface area contributed by atoms with Crippen molar-refractivity contribution in [3.63, 3.8) is 0 Å². The molecule has 0 aliphatic heterocycles. The molecule has 2 N–H and O–H groups in total. The summed E-state index contributed by atoms with van der Waals surface area (Å²) in [6, 6.07) is 0.362. The number of aromatic nitrogens is 5. The molecule has 2 saturated carbocycles. The molecule has 3 heterocycles. The molecular formula is C25H28F5N7O3. The van der Waals surface area contributed by atoms with Crippen molar-refractivity contribution in [1.82, 2.24) is 35.3 Å². The third kappa shape index (κ3) is 6.55. The Morgan fingerprint density at radius 3 is 2.33 bits per heavy atom. The molecule has 0 spiro atoms. The van der Waals surface area contributed by atoms with Crippen molar-refractivity contribution in [2.45, 2.75) is 82.5 Å². The van der Waals surface area contributed by atoms with Crippen LogP contribution in [0.5, 0.6) is 0 Å². The first-order chi connectivity index (χ1) is 18.9. The smallest absolute Gasteiger partial charge is 0.347 e. The van der Waals surface area contributed by atoms with Crippen molar-refractivity contribution >= 4 is 17.6 Å². The number of aryl methyl sites for hydroxylation is 1. The third-order valence-corrected chi connectivity index (χ3v) is 7.44. The van der Waals surface area contributed by atoms with Gasteiger partial charge in [0.05, 0.1) is 29.9 Å². The molecule has 40 heavy (non-hydrogen) atoms.